The number of likely N-dealkylation sites (N-methyl/N-ethyl adjacent to an activating group) is 1. The summed E-state index contributed by atoms with van der Waals surface area (Å²) in [5, 5.41) is 8.02. The van der Waals surface area contributed by atoms with E-state index in [4.69, 9.17) is 44.3 Å². The van der Waals surface area contributed by atoms with Crippen LogP contribution in [0.3, 0.4) is 0 Å². The third kappa shape index (κ3) is 8.63. The molecule has 0 spiro atoms. The fourth-order valence-corrected chi connectivity index (χ4v) is 6.36. The molecule has 1 aliphatic carbocycles. The van der Waals surface area contributed by atoms with Crippen LogP contribution >= 0.6 is 34.8 Å². The number of piperazine rings is 1. The fourth-order valence-electron chi connectivity index (χ4n) is 5.48. The van der Waals surface area contributed by atoms with Crippen molar-refractivity contribution in [3.8, 4) is 11.5 Å². The van der Waals surface area contributed by atoms with Crippen molar-refractivity contribution in [3.05, 3.63) is 86.4 Å². The molecule has 3 aromatic carbocycles. The van der Waals surface area contributed by atoms with Gasteiger partial charge in [0.1, 0.15) is 25.0 Å². The molecule has 0 radical (unpaired) electrons. The molecule has 1 saturated carbocycles. The molecule has 45 heavy (non-hydrogen) atoms. The summed E-state index contributed by atoms with van der Waals surface area (Å²) in [6, 6.07) is 16.3. The zero-order valence-corrected chi connectivity index (χ0v) is 27.9. The maximum atomic E-state index is 14.1. The van der Waals surface area contributed by atoms with E-state index in [0.717, 1.165) is 43.5 Å². The van der Waals surface area contributed by atoms with Crippen molar-refractivity contribution >= 4 is 52.3 Å². The summed E-state index contributed by atoms with van der Waals surface area (Å²) in [6.07, 6.45) is 2.76. The molecular weight excluding hydrogens is 635 g/mol. The van der Waals surface area contributed by atoms with Crippen LogP contribution in [0.15, 0.2) is 54.6 Å². The summed E-state index contributed by atoms with van der Waals surface area (Å²) < 4.78 is 11.6. The Morgan fingerprint density at radius 3 is 2.40 bits per heavy atom. The molecule has 11 heteroatoms. The molecule has 2 aliphatic rings. The zero-order chi connectivity index (χ0) is 31.9. The predicted molar refractivity (Wildman–Crippen MR) is 180 cm³/mol. The van der Waals surface area contributed by atoms with Crippen LogP contribution in [0.5, 0.6) is 11.5 Å². The number of aryl methyl sites for hydroxylation is 1. The molecule has 0 bridgehead atoms. The summed E-state index contributed by atoms with van der Waals surface area (Å²) in [7, 11) is 0. The van der Waals surface area contributed by atoms with Gasteiger partial charge < -0.3 is 25.0 Å². The van der Waals surface area contributed by atoms with Crippen LogP contribution < -0.4 is 25.0 Å². The number of ether oxygens (including phenoxy) is 2. The number of nitrogens with one attached hydrogen (secondary N) is 2. The highest BCUT2D eigenvalue weighted by Crippen LogP contribution is 2.35. The Morgan fingerprint density at radius 2 is 1.71 bits per heavy atom. The van der Waals surface area contributed by atoms with E-state index in [-0.39, 0.29) is 37.6 Å². The SMILES string of the molecule is CCNCCc1ccc(Cl)c(CN(C(=O)[C@H]2CNCC(=O)N2c2ccc(OCCOc3c(Cl)cc(C)cc3Cl)cc2)C2CC2)c1. The van der Waals surface area contributed by atoms with Crippen LogP contribution in [0.2, 0.25) is 15.1 Å². The van der Waals surface area contributed by atoms with E-state index in [1.54, 1.807) is 41.3 Å². The monoisotopic (exact) mass is 672 g/mol. The van der Waals surface area contributed by atoms with E-state index in [1.807, 2.05) is 24.0 Å². The average molecular weight is 674 g/mol. The fraction of sp³-hybridized carbons (Fsp3) is 0.412. The topological polar surface area (TPSA) is 83.1 Å². The van der Waals surface area contributed by atoms with Gasteiger partial charge in [-0.25, -0.2) is 0 Å². The smallest absolute Gasteiger partial charge is 0.247 e. The molecule has 1 atom stereocenters. The maximum Gasteiger partial charge on any atom is 0.247 e. The van der Waals surface area contributed by atoms with Gasteiger partial charge in [0.05, 0.1) is 16.6 Å². The summed E-state index contributed by atoms with van der Waals surface area (Å²) in [4.78, 5) is 30.8. The molecule has 2 amide bonds. The molecule has 3 aromatic rings. The lowest BCUT2D eigenvalue weighted by molar-refractivity contribution is -0.136. The summed E-state index contributed by atoms with van der Waals surface area (Å²) >= 11 is 19.1. The van der Waals surface area contributed by atoms with Gasteiger partial charge in [0.2, 0.25) is 11.8 Å². The van der Waals surface area contributed by atoms with Gasteiger partial charge >= 0.3 is 0 Å². The number of carbonyl (C=O) groups is 2. The highest BCUT2D eigenvalue weighted by atomic mass is 35.5. The summed E-state index contributed by atoms with van der Waals surface area (Å²) in [5.41, 5.74) is 3.68. The van der Waals surface area contributed by atoms with Crippen molar-refractivity contribution in [2.75, 3.05) is 44.3 Å². The summed E-state index contributed by atoms with van der Waals surface area (Å²) in [5.74, 6) is 0.790. The Hall–Kier alpha value is -3.01. The van der Waals surface area contributed by atoms with Gasteiger partial charge in [0.25, 0.3) is 0 Å². The van der Waals surface area contributed by atoms with Crippen molar-refractivity contribution in [1.82, 2.24) is 15.5 Å². The second-order valence-corrected chi connectivity index (χ2v) is 12.6. The van der Waals surface area contributed by atoms with Gasteiger partial charge in [-0.2, -0.15) is 0 Å². The van der Waals surface area contributed by atoms with Gasteiger partial charge in [-0.1, -0.05) is 53.9 Å². The van der Waals surface area contributed by atoms with Gasteiger partial charge in [0.15, 0.2) is 5.75 Å². The Bertz CT molecular complexity index is 1480. The van der Waals surface area contributed by atoms with Crippen molar-refractivity contribution in [1.29, 1.82) is 0 Å². The van der Waals surface area contributed by atoms with E-state index < -0.39 is 6.04 Å². The standard InChI is InChI=1S/C34H39Cl3N4O4/c1-3-38-13-12-23-4-11-28(35)24(18-23)21-40(25-5-6-25)34(43)31-19-39-20-32(42)41(31)26-7-9-27(10-8-26)44-14-15-45-33-29(36)16-22(2)17-30(33)37/h4,7-11,16-18,25,31,38-39H,3,5-6,12-15,19-21H2,1-2H3/t31-/m1/s1. The van der Waals surface area contributed by atoms with Gasteiger partial charge in [-0.3, -0.25) is 14.5 Å². The molecule has 8 nitrogen and oxygen atoms in total. The lowest BCUT2D eigenvalue weighted by Gasteiger charge is -2.38. The number of rotatable bonds is 14. The summed E-state index contributed by atoms with van der Waals surface area (Å²) in [6.45, 7) is 7.23. The van der Waals surface area contributed by atoms with Crippen LogP contribution in [0.25, 0.3) is 0 Å². The van der Waals surface area contributed by atoms with Crippen molar-refractivity contribution in [3.63, 3.8) is 0 Å². The lowest BCUT2D eigenvalue weighted by Crippen LogP contribution is -2.61. The Kier molecular flexibility index (Phi) is 11.5. The molecule has 1 saturated heterocycles. The molecule has 240 valence electrons. The number of carbonyl (C=O) groups excluding carboxylic acids is 2. The quantitative estimate of drug-likeness (QED) is 0.203. The minimum Gasteiger partial charge on any atom is -0.490 e. The van der Waals surface area contributed by atoms with Crippen LogP contribution in [-0.2, 0) is 22.6 Å². The van der Waals surface area contributed by atoms with Gasteiger partial charge in [-0.15, -0.1) is 0 Å². The highest BCUT2D eigenvalue weighted by Gasteiger charge is 2.41. The first-order valence-electron chi connectivity index (χ1n) is 15.4. The number of halogens is 3. The van der Waals surface area contributed by atoms with Crippen molar-refractivity contribution < 1.29 is 19.1 Å². The molecule has 1 aliphatic heterocycles. The number of benzene rings is 3. The minimum absolute atomic E-state index is 0.0851. The van der Waals surface area contributed by atoms with Crippen LogP contribution in [0, 0.1) is 6.92 Å². The van der Waals surface area contributed by atoms with E-state index >= 15 is 0 Å². The van der Waals surface area contributed by atoms with Crippen LogP contribution in [0.4, 0.5) is 5.69 Å². The molecule has 1 heterocycles. The van der Waals surface area contributed by atoms with Gasteiger partial charge in [0, 0.05) is 29.8 Å². The van der Waals surface area contributed by atoms with Crippen LogP contribution in [-0.4, -0.2) is 68.2 Å². The highest BCUT2D eigenvalue weighted by molar-refractivity contribution is 6.37. The van der Waals surface area contributed by atoms with E-state index in [2.05, 4.69) is 23.6 Å². The zero-order valence-electron chi connectivity index (χ0n) is 25.6. The molecule has 2 fully saturated rings. The Balaban J connectivity index is 1.24. The van der Waals surface area contributed by atoms with Crippen LogP contribution in [0.1, 0.15) is 36.5 Å². The number of nitrogens with zero attached hydrogens (tertiary/aromatic N) is 2. The second kappa shape index (κ2) is 15.5. The maximum absolute atomic E-state index is 14.1. The minimum atomic E-state index is -0.674. The van der Waals surface area contributed by atoms with Crippen molar-refractivity contribution in [2.24, 2.45) is 0 Å². The first-order chi connectivity index (χ1) is 21.7. The Morgan fingerprint density at radius 1 is 1.00 bits per heavy atom. The number of hydrogen-bond acceptors (Lipinski definition) is 6. The van der Waals surface area contributed by atoms with Crippen molar-refractivity contribution in [2.45, 2.75) is 51.7 Å². The molecule has 5 rings (SSSR count). The molecular formula is C34H39Cl3N4O4. The van der Waals surface area contributed by atoms with Gasteiger partial charge in [-0.05, 0) is 98.4 Å². The van der Waals surface area contributed by atoms with E-state index in [0.29, 0.717) is 45.3 Å². The van der Waals surface area contributed by atoms with E-state index in [1.165, 1.54) is 5.56 Å². The number of hydrogen-bond donors (Lipinski definition) is 2. The molecule has 0 unspecified atom stereocenters. The normalized spacial score (nSPS) is 16.5. The number of amides is 2. The second-order valence-electron chi connectivity index (χ2n) is 11.4. The molecule has 0 aromatic heterocycles. The third-order valence-corrected chi connectivity index (χ3v) is 8.83. The number of anilines is 1. The first-order valence-corrected chi connectivity index (χ1v) is 16.5. The van der Waals surface area contributed by atoms with E-state index in [9.17, 15) is 9.59 Å². The lowest BCUT2D eigenvalue weighted by atomic mass is 10.1. The first kappa shape index (κ1) is 33.4. The largest absolute Gasteiger partial charge is 0.490 e. The third-order valence-electron chi connectivity index (χ3n) is 7.90. The average Bonchev–Trinajstić information content (AvgIpc) is 3.86. The molecule has 2 N–H and O–H groups in total. The predicted octanol–water partition coefficient (Wildman–Crippen LogP) is 6.06. The Labute approximate surface area is 279 Å².